The van der Waals surface area contributed by atoms with Crippen LogP contribution in [0.1, 0.15) is 265 Å². The lowest BCUT2D eigenvalue weighted by Crippen LogP contribution is -2.30. The molecule has 6 nitrogen and oxygen atoms in total. The molecule has 0 saturated heterocycles. The predicted octanol–water partition coefficient (Wildman–Crippen LogP) is 23.2. The van der Waals surface area contributed by atoms with Gasteiger partial charge in [0.15, 0.2) is 6.10 Å². The van der Waals surface area contributed by atoms with Gasteiger partial charge < -0.3 is 14.2 Å². The van der Waals surface area contributed by atoms with Crippen LogP contribution >= 0.6 is 0 Å². The molecule has 0 N–H and O–H groups in total. The molecule has 6 heteroatoms. The number of unbranched alkanes of at least 4 members (excludes halogenated alkanes) is 18. The molecule has 83 heavy (non-hydrogen) atoms. The van der Waals surface area contributed by atoms with Crippen LogP contribution in [-0.2, 0) is 28.6 Å². The molecule has 1 unspecified atom stereocenters. The number of carbonyl (C=O) groups is 3. The predicted molar refractivity (Wildman–Crippen MR) is 361 cm³/mol. The fraction of sp³-hybridized carbons (Fsp3) is 0.571. The fourth-order valence-corrected chi connectivity index (χ4v) is 8.57. The van der Waals surface area contributed by atoms with E-state index >= 15 is 0 Å². The number of rotatable bonds is 58. The maximum absolute atomic E-state index is 12.8. The van der Waals surface area contributed by atoms with Gasteiger partial charge in [0.25, 0.3) is 0 Å². The van der Waals surface area contributed by atoms with Gasteiger partial charge in [0.05, 0.1) is 6.42 Å². The van der Waals surface area contributed by atoms with Crippen LogP contribution in [0.2, 0.25) is 0 Å². The highest BCUT2D eigenvalue weighted by Crippen LogP contribution is 2.15. The van der Waals surface area contributed by atoms with Gasteiger partial charge in [-0.15, -0.1) is 0 Å². The first kappa shape index (κ1) is 77.5. The lowest BCUT2D eigenvalue weighted by molar-refractivity contribution is -0.166. The van der Waals surface area contributed by atoms with Crippen molar-refractivity contribution in [2.45, 2.75) is 271 Å². The highest BCUT2D eigenvalue weighted by atomic mass is 16.6. The third kappa shape index (κ3) is 67.2. The quantitative estimate of drug-likeness (QED) is 0.0261. The Balaban J connectivity index is 4.30. The van der Waals surface area contributed by atoms with E-state index in [0.29, 0.717) is 19.3 Å². The molecule has 0 aliphatic carbocycles. The Labute approximate surface area is 510 Å². The Hall–Kier alpha value is -5.49. The molecule has 0 heterocycles. The van der Waals surface area contributed by atoms with Gasteiger partial charge in [0.2, 0.25) is 0 Å². The second-order valence-electron chi connectivity index (χ2n) is 21.2. The molecule has 1 atom stereocenters. The second-order valence-corrected chi connectivity index (χ2v) is 21.2. The zero-order valence-corrected chi connectivity index (χ0v) is 53.1. The van der Waals surface area contributed by atoms with E-state index in [9.17, 15) is 14.4 Å². The summed E-state index contributed by atoms with van der Waals surface area (Å²) in [6.45, 7) is 6.19. The fourth-order valence-electron chi connectivity index (χ4n) is 8.57. The molecule has 0 aromatic rings. The maximum Gasteiger partial charge on any atom is 0.310 e. The lowest BCUT2D eigenvalue weighted by atomic mass is 10.0. The van der Waals surface area contributed by atoms with E-state index in [1.54, 1.807) is 6.08 Å². The van der Waals surface area contributed by atoms with Crippen LogP contribution in [0.4, 0.5) is 0 Å². The second kappa shape index (κ2) is 69.0. The Morgan fingerprint density at radius 1 is 0.253 bits per heavy atom. The van der Waals surface area contributed by atoms with Crippen molar-refractivity contribution in [3.63, 3.8) is 0 Å². The Bertz CT molecular complexity index is 1940. The van der Waals surface area contributed by atoms with Crippen molar-refractivity contribution in [1.82, 2.24) is 0 Å². The van der Waals surface area contributed by atoms with Crippen molar-refractivity contribution in [2.24, 2.45) is 0 Å². The monoisotopic (exact) mass is 1140 g/mol. The van der Waals surface area contributed by atoms with Crippen LogP contribution < -0.4 is 0 Å². The van der Waals surface area contributed by atoms with Crippen LogP contribution in [0, 0.1) is 0 Å². The molecule has 0 rings (SSSR count). The maximum atomic E-state index is 12.8. The van der Waals surface area contributed by atoms with E-state index in [2.05, 4.69) is 191 Å². The Morgan fingerprint density at radius 3 is 0.735 bits per heavy atom. The molecule has 0 saturated carbocycles. The molecule has 0 amide bonds. The molecule has 0 radical (unpaired) electrons. The van der Waals surface area contributed by atoms with E-state index in [4.69, 9.17) is 14.2 Å². The van der Waals surface area contributed by atoms with Crippen LogP contribution in [0.5, 0.6) is 0 Å². The highest BCUT2D eigenvalue weighted by molar-refractivity contribution is 5.72. The van der Waals surface area contributed by atoms with Crippen molar-refractivity contribution in [3.05, 3.63) is 182 Å². The van der Waals surface area contributed by atoms with E-state index in [1.807, 2.05) is 6.08 Å². The minimum Gasteiger partial charge on any atom is -0.462 e. The average molecular weight is 1140 g/mol. The summed E-state index contributed by atoms with van der Waals surface area (Å²) in [6, 6.07) is 0. The molecular formula is C77H120O6. The summed E-state index contributed by atoms with van der Waals surface area (Å²) in [5.74, 6) is -1.08. The van der Waals surface area contributed by atoms with Gasteiger partial charge in [-0.3, -0.25) is 14.4 Å². The Morgan fingerprint density at radius 2 is 0.470 bits per heavy atom. The third-order valence-electron chi connectivity index (χ3n) is 13.4. The van der Waals surface area contributed by atoms with E-state index in [-0.39, 0.29) is 31.6 Å². The molecule has 0 aliphatic rings. The van der Waals surface area contributed by atoms with E-state index in [0.717, 1.165) is 148 Å². The topological polar surface area (TPSA) is 78.9 Å². The summed E-state index contributed by atoms with van der Waals surface area (Å²) in [7, 11) is 0. The number of allylic oxidation sites excluding steroid dienone is 29. The van der Waals surface area contributed by atoms with Gasteiger partial charge in [-0.05, 0) is 135 Å². The van der Waals surface area contributed by atoms with Gasteiger partial charge in [-0.25, -0.2) is 0 Å². The van der Waals surface area contributed by atoms with Crippen LogP contribution in [0.15, 0.2) is 182 Å². The molecule has 464 valence electrons. The number of hydrogen-bond donors (Lipinski definition) is 0. The van der Waals surface area contributed by atoms with Gasteiger partial charge in [0.1, 0.15) is 13.2 Å². The van der Waals surface area contributed by atoms with Crippen LogP contribution in [0.25, 0.3) is 0 Å². The SMILES string of the molecule is CC/C=C\C/C=C\C/C=C\C/C=C\C/C=C\C/C=C\C/C=C\CCCCCCCCCCCCCCCC(=O)OCC(COC(=O)CCCCCCC/C=C\C/C=C\C/C=C\CC)OC(=O)C/C=C\C/C=C\C/C=C\C/C=C\C/C=C\CC. The third-order valence-corrected chi connectivity index (χ3v) is 13.4. The molecule has 0 aliphatic heterocycles. The minimum atomic E-state index is -0.849. The summed E-state index contributed by atoms with van der Waals surface area (Å²) < 4.78 is 16.8. The number of hydrogen-bond acceptors (Lipinski definition) is 6. The summed E-state index contributed by atoms with van der Waals surface area (Å²) in [6.07, 6.45) is 104. The van der Waals surface area contributed by atoms with Gasteiger partial charge in [0, 0.05) is 12.8 Å². The van der Waals surface area contributed by atoms with Crippen LogP contribution in [-0.4, -0.2) is 37.2 Å². The number of carbonyl (C=O) groups excluding carboxylic acids is 3. The summed E-state index contributed by atoms with van der Waals surface area (Å²) in [5.41, 5.74) is 0. The first-order valence-corrected chi connectivity index (χ1v) is 33.3. The van der Waals surface area contributed by atoms with Gasteiger partial charge in [-0.2, -0.15) is 0 Å². The number of ether oxygens (including phenoxy) is 3. The lowest BCUT2D eigenvalue weighted by Gasteiger charge is -2.18. The van der Waals surface area contributed by atoms with Crippen molar-refractivity contribution in [3.8, 4) is 0 Å². The van der Waals surface area contributed by atoms with Crippen LogP contribution in [0.3, 0.4) is 0 Å². The minimum absolute atomic E-state index is 0.0853. The molecule has 0 aromatic heterocycles. The first-order chi connectivity index (χ1) is 41.0. The first-order valence-electron chi connectivity index (χ1n) is 33.3. The summed E-state index contributed by atoms with van der Waals surface area (Å²) >= 11 is 0. The van der Waals surface area contributed by atoms with Crippen molar-refractivity contribution in [2.75, 3.05) is 13.2 Å². The normalized spacial score (nSPS) is 13.3. The molecular weight excluding hydrogens is 1020 g/mol. The Kier molecular flexibility index (Phi) is 64.4. The highest BCUT2D eigenvalue weighted by Gasteiger charge is 2.19. The molecule has 0 bridgehead atoms. The molecule has 0 fully saturated rings. The van der Waals surface area contributed by atoms with E-state index in [1.165, 1.54) is 70.6 Å². The smallest absolute Gasteiger partial charge is 0.310 e. The zero-order chi connectivity index (χ0) is 59.9. The standard InChI is InChI=1S/C77H120O6/c1-4-7-10-13-16-19-22-25-28-29-30-31-32-33-34-35-36-37-38-39-40-41-42-43-44-45-46-47-50-52-55-58-61-64-67-70-76(79)82-73-74(83-77(80)71-68-65-62-59-56-53-49-27-24-21-18-15-12-9-6-3)72-81-75(78)69-66-63-60-57-54-51-48-26-23-20-17-14-11-8-5-2/h7-12,16-21,25-28,30-31,33-34,36-37,39-40,48-49,56,59,65,68,74H,4-6,13-15,22-24,29,32,35,38,41-47,50-55,57-58,60-64,66-67,69-73H2,1-3H3/b10-7-,11-8-,12-9-,19-16-,20-17-,21-18-,28-25-,31-30-,34-33-,37-36-,40-39-,48-26-,49-27-,59-56-,68-65-. The molecule has 0 spiro atoms. The van der Waals surface area contributed by atoms with E-state index < -0.39 is 12.1 Å². The number of esters is 3. The van der Waals surface area contributed by atoms with Crippen molar-refractivity contribution in [1.29, 1.82) is 0 Å². The van der Waals surface area contributed by atoms with Crippen molar-refractivity contribution >= 4 is 17.9 Å². The largest absolute Gasteiger partial charge is 0.462 e. The average Bonchev–Trinajstić information content (AvgIpc) is 3.49. The summed E-state index contributed by atoms with van der Waals surface area (Å²) in [5, 5.41) is 0. The van der Waals surface area contributed by atoms with Gasteiger partial charge >= 0.3 is 17.9 Å². The summed E-state index contributed by atoms with van der Waals surface area (Å²) in [4.78, 5) is 38.2. The zero-order valence-electron chi connectivity index (χ0n) is 53.1. The van der Waals surface area contributed by atoms with Crippen molar-refractivity contribution < 1.29 is 28.6 Å². The molecule has 0 aromatic carbocycles. The van der Waals surface area contributed by atoms with Gasteiger partial charge in [-0.1, -0.05) is 293 Å².